The average Bonchev–Trinajstić information content (AvgIpc) is 3.00. The fourth-order valence-corrected chi connectivity index (χ4v) is 3.61. The molecule has 30 heavy (non-hydrogen) atoms. The molecule has 0 saturated carbocycles. The Morgan fingerprint density at radius 2 is 1.90 bits per heavy atom. The van der Waals surface area contributed by atoms with Crippen LogP contribution in [0.2, 0.25) is 0 Å². The number of hydrogen-bond acceptors (Lipinski definition) is 4. The van der Waals surface area contributed by atoms with Gasteiger partial charge in [0.1, 0.15) is 11.9 Å². The summed E-state index contributed by atoms with van der Waals surface area (Å²) in [4.78, 5) is 41.6. The van der Waals surface area contributed by atoms with Crippen molar-refractivity contribution in [3.8, 4) is 0 Å². The molecule has 2 aromatic carbocycles. The van der Waals surface area contributed by atoms with E-state index < -0.39 is 11.9 Å². The zero-order valence-electron chi connectivity index (χ0n) is 16.6. The Morgan fingerprint density at radius 3 is 2.73 bits per heavy atom. The summed E-state index contributed by atoms with van der Waals surface area (Å²) in [6.07, 6.45) is 1.33. The van der Waals surface area contributed by atoms with Crippen LogP contribution in [0, 0.1) is 0 Å². The van der Waals surface area contributed by atoms with Crippen LogP contribution in [0.15, 0.2) is 48.5 Å². The molecule has 1 aliphatic rings. The number of nitrogens with one attached hydrogen (secondary N) is 3. The highest BCUT2D eigenvalue weighted by Crippen LogP contribution is 2.19. The first-order chi connectivity index (χ1) is 14.5. The van der Waals surface area contributed by atoms with E-state index in [1.54, 1.807) is 24.3 Å². The summed E-state index contributed by atoms with van der Waals surface area (Å²) in [6.45, 7) is 0.463. The molecule has 0 saturated heterocycles. The van der Waals surface area contributed by atoms with Gasteiger partial charge < -0.3 is 20.5 Å². The first-order valence-electron chi connectivity index (χ1n) is 9.90. The van der Waals surface area contributed by atoms with Gasteiger partial charge in [-0.05, 0) is 30.7 Å². The van der Waals surface area contributed by atoms with Crippen LogP contribution in [-0.4, -0.2) is 39.9 Å². The monoisotopic (exact) mass is 405 g/mol. The maximum absolute atomic E-state index is 12.4. The largest absolute Gasteiger partial charge is 0.356 e. The molecule has 0 radical (unpaired) electrons. The van der Waals surface area contributed by atoms with Gasteiger partial charge in [-0.15, -0.1) is 0 Å². The number of anilines is 1. The molecule has 0 fully saturated rings. The maximum atomic E-state index is 12.4. The van der Waals surface area contributed by atoms with Crippen molar-refractivity contribution in [1.82, 2.24) is 20.2 Å². The zero-order chi connectivity index (χ0) is 21.1. The number of nitrogens with zero attached hydrogens (tertiary/aromatic N) is 2. The highest BCUT2D eigenvalue weighted by molar-refractivity contribution is 6.10. The number of hydrogen-bond donors (Lipinski definition) is 3. The van der Waals surface area contributed by atoms with Crippen molar-refractivity contribution in [2.24, 2.45) is 7.05 Å². The van der Waals surface area contributed by atoms with Crippen molar-refractivity contribution in [1.29, 1.82) is 0 Å². The molecule has 0 spiro atoms. The average molecular weight is 405 g/mol. The van der Waals surface area contributed by atoms with Crippen LogP contribution in [0.3, 0.4) is 0 Å². The molecule has 2 heterocycles. The van der Waals surface area contributed by atoms with Gasteiger partial charge in [-0.1, -0.05) is 24.3 Å². The Bertz CT molecular complexity index is 1120. The number of fused-ring (bicyclic) bond motifs is 2. The SMILES string of the molecule is Cn1c(CCCNC(=O)C[C@H]2NC(=O)c3ccccc3NC2=O)nc2ccccc21. The van der Waals surface area contributed by atoms with Gasteiger partial charge in [0.15, 0.2) is 0 Å². The first-order valence-corrected chi connectivity index (χ1v) is 9.90. The molecule has 8 nitrogen and oxygen atoms in total. The summed E-state index contributed by atoms with van der Waals surface area (Å²) in [5.74, 6) is -0.100. The predicted octanol–water partition coefficient (Wildman–Crippen LogP) is 1.76. The van der Waals surface area contributed by atoms with Crippen LogP contribution < -0.4 is 16.0 Å². The van der Waals surface area contributed by atoms with Crippen LogP contribution >= 0.6 is 0 Å². The summed E-state index contributed by atoms with van der Waals surface area (Å²) >= 11 is 0. The summed E-state index contributed by atoms with van der Waals surface area (Å²) in [5.41, 5.74) is 2.87. The van der Waals surface area contributed by atoms with Crippen molar-refractivity contribution < 1.29 is 14.4 Å². The Morgan fingerprint density at radius 1 is 1.13 bits per heavy atom. The van der Waals surface area contributed by atoms with Gasteiger partial charge in [-0.2, -0.15) is 0 Å². The van der Waals surface area contributed by atoms with E-state index in [0.29, 0.717) is 17.8 Å². The molecule has 1 atom stereocenters. The summed E-state index contributed by atoms with van der Waals surface area (Å²) in [6, 6.07) is 13.8. The molecule has 8 heteroatoms. The fraction of sp³-hybridized carbons (Fsp3) is 0.273. The number of benzene rings is 2. The number of imidazole rings is 1. The quantitative estimate of drug-likeness (QED) is 0.544. The van der Waals surface area contributed by atoms with Gasteiger partial charge in [-0.25, -0.2) is 4.98 Å². The van der Waals surface area contributed by atoms with E-state index in [0.717, 1.165) is 29.7 Å². The van der Waals surface area contributed by atoms with Crippen molar-refractivity contribution >= 4 is 34.4 Å². The van der Waals surface area contributed by atoms with E-state index in [-0.39, 0.29) is 18.2 Å². The number of aryl methyl sites for hydroxylation is 2. The lowest BCUT2D eigenvalue weighted by molar-refractivity contribution is -0.125. The minimum atomic E-state index is -0.912. The summed E-state index contributed by atoms with van der Waals surface area (Å²) < 4.78 is 2.06. The Hall–Kier alpha value is -3.68. The number of carbonyl (C=O) groups excluding carboxylic acids is 3. The standard InChI is InChI=1S/C22H23N5O3/c1-27-18-10-5-4-9-16(18)24-19(27)11-6-12-23-20(28)13-17-22(30)25-15-8-3-2-7-14(15)21(29)26-17/h2-5,7-10,17H,6,11-13H2,1H3,(H,23,28)(H,25,30)(H,26,29)/t17-/m1/s1. The van der Waals surface area contributed by atoms with E-state index in [1.807, 2.05) is 31.3 Å². The van der Waals surface area contributed by atoms with E-state index in [2.05, 4.69) is 25.5 Å². The number of aromatic nitrogens is 2. The lowest BCUT2D eigenvalue weighted by atomic mass is 10.1. The number of carbonyl (C=O) groups is 3. The lowest BCUT2D eigenvalue weighted by Gasteiger charge is -2.14. The molecular formula is C22H23N5O3. The normalized spacial score (nSPS) is 15.8. The highest BCUT2D eigenvalue weighted by Gasteiger charge is 2.29. The third-order valence-electron chi connectivity index (χ3n) is 5.22. The third-order valence-corrected chi connectivity index (χ3v) is 5.22. The van der Waals surface area contributed by atoms with Crippen LogP contribution in [-0.2, 0) is 23.1 Å². The zero-order valence-corrected chi connectivity index (χ0v) is 16.6. The summed E-state index contributed by atoms with van der Waals surface area (Å²) in [7, 11) is 1.98. The van der Waals surface area contributed by atoms with E-state index in [1.165, 1.54) is 0 Å². The molecule has 4 rings (SSSR count). The van der Waals surface area contributed by atoms with E-state index in [9.17, 15) is 14.4 Å². The molecular weight excluding hydrogens is 382 g/mol. The predicted molar refractivity (Wildman–Crippen MR) is 113 cm³/mol. The van der Waals surface area contributed by atoms with Gasteiger partial charge in [0.25, 0.3) is 5.91 Å². The van der Waals surface area contributed by atoms with Gasteiger partial charge in [0.2, 0.25) is 11.8 Å². The minimum absolute atomic E-state index is 0.113. The third kappa shape index (κ3) is 4.03. The molecule has 1 aliphatic heterocycles. The van der Waals surface area contributed by atoms with Gasteiger partial charge >= 0.3 is 0 Å². The molecule has 1 aromatic heterocycles. The number of para-hydroxylation sites is 3. The van der Waals surface area contributed by atoms with Gasteiger partial charge in [0.05, 0.1) is 28.7 Å². The molecule has 3 aromatic rings. The van der Waals surface area contributed by atoms with Crippen LogP contribution in [0.4, 0.5) is 5.69 Å². The van der Waals surface area contributed by atoms with Crippen molar-refractivity contribution in [2.75, 3.05) is 11.9 Å². The Labute approximate surface area is 173 Å². The van der Waals surface area contributed by atoms with Gasteiger partial charge in [0, 0.05) is 20.0 Å². The molecule has 0 aliphatic carbocycles. The lowest BCUT2D eigenvalue weighted by Crippen LogP contribution is -2.44. The smallest absolute Gasteiger partial charge is 0.254 e. The Balaban J connectivity index is 1.28. The molecule has 3 N–H and O–H groups in total. The molecule has 3 amide bonds. The topological polar surface area (TPSA) is 105 Å². The van der Waals surface area contributed by atoms with Crippen LogP contribution in [0.5, 0.6) is 0 Å². The van der Waals surface area contributed by atoms with Crippen LogP contribution in [0.25, 0.3) is 11.0 Å². The second kappa shape index (κ2) is 8.36. The number of amides is 3. The second-order valence-electron chi connectivity index (χ2n) is 7.29. The van der Waals surface area contributed by atoms with Gasteiger partial charge in [-0.3, -0.25) is 14.4 Å². The summed E-state index contributed by atoms with van der Waals surface area (Å²) in [5, 5.41) is 8.15. The number of rotatable bonds is 6. The minimum Gasteiger partial charge on any atom is -0.356 e. The van der Waals surface area contributed by atoms with Crippen molar-refractivity contribution in [3.63, 3.8) is 0 Å². The van der Waals surface area contributed by atoms with Crippen LogP contribution in [0.1, 0.15) is 29.0 Å². The fourth-order valence-electron chi connectivity index (χ4n) is 3.61. The Kier molecular flexibility index (Phi) is 5.47. The highest BCUT2D eigenvalue weighted by atomic mass is 16.2. The molecule has 0 unspecified atom stereocenters. The van der Waals surface area contributed by atoms with E-state index in [4.69, 9.17) is 0 Å². The van der Waals surface area contributed by atoms with E-state index >= 15 is 0 Å². The maximum Gasteiger partial charge on any atom is 0.254 e. The first kappa shape index (κ1) is 19.6. The van der Waals surface area contributed by atoms with Crippen molar-refractivity contribution in [2.45, 2.75) is 25.3 Å². The molecule has 0 bridgehead atoms. The van der Waals surface area contributed by atoms with Crippen molar-refractivity contribution in [3.05, 3.63) is 59.9 Å². The molecule has 154 valence electrons. The second-order valence-corrected chi connectivity index (χ2v) is 7.29.